The molecule has 0 fully saturated rings. The molecule has 10 heteroatoms. The number of ether oxygens (including phenoxy) is 2. The molecule has 0 radical (unpaired) electrons. The Labute approximate surface area is 190 Å². The Morgan fingerprint density at radius 3 is 2.42 bits per heavy atom. The quantitative estimate of drug-likeness (QED) is 0.325. The lowest BCUT2D eigenvalue weighted by molar-refractivity contribution is -0.384. The number of carbonyl (C=O) groups is 1. The number of nitrogens with one attached hydrogen (secondary N) is 1. The van der Waals surface area contributed by atoms with E-state index in [2.05, 4.69) is 15.4 Å². The van der Waals surface area contributed by atoms with Crippen LogP contribution in [0.2, 0.25) is 0 Å². The van der Waals surface area contributed by atoms with Gasteiger partial charge < -0.3 is 14.8 Å². The molecule has 1 aliphatic heterocycles. The third kappa shape index (κ3) is 4.27. The molecule has 1 N–H and O–H groups in total. The Balaban J connectivity index is 1.79. The van der Waals surface area contributed by atoms with Gasteiger partial charge in [-0.1, -0.05) is 0 Å². The van der Waals surface area contributed by atoms with Crippen LogP contribution in [0.4, 0.5) is 11.6 Å². The minimum absolute atomic E-state index is 0.0417. The zero-order chi connectivity index (χ0) is 23.5. The fourth-order valence-electron chi connectivity index (χ4n) is 3.70. The number of allylic oxidation sites excluding steroid dienone is 1. The van der Waals surface area contributed by atoms with Gasteiger partial charge in [0.15, 0.2) is 5.82 Å². The number of esters is 1. The van der Waals surface area contributed by atoms with Gasteiger partial charge in [0.05, 0.1) is 23.7 Å². The maximum atomic E-state index is 12.8. The molecule has 0 amide bonds. The van der Waals surface area contributed by atoms with E-state index in [4.69, 9.17) is 9.47 Å². The standard InChI is InChI=1S/C23H23N5O5/c1-4-32-18-12-8-16(9-13-18)21-25-23-24-14(3)19(22(29)33-5-2)20(27(23)26-21)15-6-10-17(11-7-15)28(30)31/h6-13,20H,4-5H2,1-3H3,(H,24,25,26). The summed E-state index contributed by atoms with van der Waals surface area (Å²) in [7, 11) is 0. The molecule has 1 aliphatic rings. The SMILES string of the molecule is CCOC(=O)C1=C(C)Nc2nc(-c3ccc(OCC)cc3)nn2C1c1ccc([N+](=O)[O-])cc1. The summed E-state index contributed by atoms with van der Waals surface area (Å²) in [5.74, 6) is 1.17. The van der Waals surface area contributed by atoms with E-state index < -0.39 is 16.9 Å². The third-order valence-corrected chi connectivity index (χ3v) is 5.19. The smallest absolute Gasteiger partial charge is 0.338 e. The largest absolute Gasteiger partial charge is 0.494 e. The van der Waals surface area contributed by atoms with E-state index >= 15 is 0 Å². The van der Waals surface area contributed by atoms with Crippen LogP contribution in [0.15, 0.2) is 59.8 Å². The Kier molecular flexibility index (Phi) is 6.07. The van der Waals surface area contributed by atoms with Gasteiger partial charge in [0, 0.05) is 23.4 Å². The first-order chi connectivity index (χ1) is 15.9. The van der Waals surface area contributed by atoms with Crippen molar-refractivity contribution in [2.75, 3.05) is 18.5 Å². The van der Waals surface area contributed by atoms with Crippen LogP contribution in [0.5, 0.6) is 5.75 Å². The van der Waals surface area contributed by atoms with Crippen LogP contribution >= 0.6 is 0 Å². The molecule has 1 unspecified atom stereocenters. The minimum atomic E-state index is -0.662. The molecular weight excluding hydrogens is 426 g/mol. The summed E-state index contributed by atoms with van der Waals surface area (Å²) < 4.78 is 12.4. The number of anilines is 1. The number of carbonyl (C=O) groups excluding carboxylic acids is 1. The van der Waals surface area contributed by atoms with E-state index in [1.807, 2.05) is 31.2 Å². The Morgan fingerprint density at radius 1 is 1.12 bits per heavy atom. The summed E-state index contributed by atoms with van der Waals surface area (Å²) in [6, 6.07) is 12.8. The predicted molar refractivity (Wildman–Crippen MR) is 121 cm³/mol. The molecule has 4 rings (SSSR count). The second-order valence-electron chi connectivity index (χ2n) is 7.30. The van der Waals surface area contributed by atoms with Gasteiger partial charge in [-0.25, -0.2) is 9.48 Å². The first kappa shape index (κ1) is 22.0. The van der Waals surface area contributed by atoms with Gasteiger partial charge in [-0.3, -0.25) is 10.1 Å². The van der Waals surface area contributed by atoms with Gasteiger partial charge in [-0.2, -0.15) is 4.98 Å². The molecule has 2 heterocycles. The third-order valence-electron chi connectivity index (χ3n) is 5.19. The van der Waals surface area contributed by atoms with Gasteiger partial charge in [-0.05, 0) is 62.7 Å². The maximum Gasteiger partial charge on any atom is 0.338 e. The van der Waals surface area contributed by atoms with Crippen molar-refractivity contribution in [2.45, 2.75) is 26.8 Å². The van der Waals surface area contributed by atoms with E-state index in [9.17, 15) is 14.9 Å². The number of aromatic nitrogens is 3. The second kappa shape index (κ2) is 9.11. The number of nitro benzene ring substituents is 1. The van der Waals surface area contributed by atoms with Gasteiger partial charge in [0.1, 0.15) is 11.8 Å². The number of rotatable bonds is 7. The molecule has 0 saturated carbocycles. The van der Waals surface area contributed by atoms with Crippen molar-refractivity contribution >= 4 is 17.6 Å². The number of benzene rings is 2. The van der Waals surface area contributed by atoms with Crippen molar-refractivity contribution in [3.8, 4) is 17.1 Å². The summed E-state index contributed by atoms with van der Waals surface area (Å²) in [6.07, 6.45) is 0. The van der Waals surface area contributed by atoms with E-state index in [0.29, 0.717) is 35.2 Å². The van der Waals surface area contributed by atoms with Crippen LogP contribution in [0.3, 0.4) is 0 Å². The van der Waals surface area contributed by atoms with Crippen LogP contribution in [-0.4, -0.2) is 38.9 Å². The fourth-order valence-corrected chi connectivity index (χ4v) is 3.70. The van der Waals surface area contributed by atoms with Gasteiger partial charge in [-0.15, -0.1) is 5.10 Å². The van der Waals surface area contributed by atoms with Crippen molar-refractivity contribution in [1.82, 2.24) is 14.8 Å². The lowest BCUT2D eigenvalue weighted by Gasteiger charge is -2.28. The lowest BCUT2D eigenvalue weighted by Crippen LogP contribution is -2.29. The summed E-state index contributed by atoms with van der Waals surface area (Å²) in [5, 5.41) is 18.9. The molecule has 0 bridgehead atoms. The average molecular weight is 449 g/mol. The number of hydrogen-bond donors (Lipinski definition) is 1. The first-order valence-electron chi connectivity index (χ1n) is 10.5. The van der Waals surface area contributed by atoms with Crippen molar-refractivity contribution in [1.29, 1.82) is 0 Å². The zero-order valence-corrected chi connectivity index (χ0v) is 18.4. The predicted octanol–water partition coefficient (Wildman–Crippen LogP) is 4.10. The van der Waals surface area contributed by atoms with Crippen LogP contribution in [0, 0.1) is 10.1 Å². The molecule has 2 aromatic carbocycles. The van der Waals surface area contributed by atoms with Crippen molar-refractivity contribution in [3.05, 3.63) is 75.5 Å². The highest BCUT2D eigenvalue weighted by atomic mass is 16.6. The Hall–Kier alpha value is -4.21. The highest BCUT2D eigenvalue weighted by Gasteiger charge is 2.35. The van der Waals surface area contributed by atoms with Crippen LogP contribution < -0.4 is 10.1 Å². The summed E-state index contributed by atoms with van der Waals surface area (Å²) in [4.78, 5) is 28.1. The number of nitrogens with zero attached hydrogens (tertiary/aromatic N) is 4. The molecule has 0 saturated heterocycles. The van der Waals surface area contributed by atoms with E-state index in [0.717, 1.165) is 11.3 Å². The maximum absolute atomic E-state index is 12.8. The van der Waals surface area contributed by atoms with Crippen LogP contribution in [-0.2, 0) is 9.53 Å². The number of hydrogen-bond acceptors (Lipinski definition) is 8. The Morgan fingerprint density at radius 2 is 1.82 bits per heavy atom. The number of nitro groups is 1. The molecule has 0 spiro atoms. The monoisotopic (exact) mass is 449 g/mol. The molecule has 1 atom stereocenters. The highest BCUT2D eigenvalue weighted by molar-refractivity contribution is 5.92. The Bertz CT molecular complexity index is 1220. The van der Waals surface area contributed by atoms with Crippen LogP contribution in [0.25, 0.3) is 11.4 Å². The normalized spacial score (nSPS) is 14.9. The van der Waals surface area contributed by atoms with Gasteiger partial charge in [0.25, 0.3) is 5.69 Å². The molecule has 10 nitrogen and oxygen atoms in total. The molecular formula is C23H23N5O5. The molecule has 1 aromatic heterocycles. The summed E-state index contributed by atoms with van der Waals surface area (Å²) in [6.45, 7) is 6.19. The first-order valence-corrected chi connectivity index (χ1v) is 10.5. The second-order valence-corrected chi connectivity index (χ2v) is 7.30. The van der Waals surface area contributed by atoms with Crippen LogP contribution in [0.1, 0.15) is 32.4 Å². The topological polar surface area (TPSA) is 121 Å². The fraction of sp³-hybridized carbons (Fsp3) is 0.261. The van der Waals surface area contributed by atoms with Gasteiger partial charge in [0.2, 0.25) is 5.95 Å². The van der Waals surface area contributed by atoms with E-state index in [1.54, 1.807) is 30.7 Å². The average Bonchev–Trinajstić information content (AvgIpc) is 3.22. The summed E-state index contributed by atoms with van der Waals surface area (Å²) in [5.41, 5.74) is 2.32. The van der Waals surface area contributed by atoms with Crippen molar-refractivity contribution in [3.63, 3.8) is 0 Å². The van der Waals surface area contributed by atoms with Crippen molar-refractivity contribution in [2.24, 2.45) is 0 Å². The zero-order valence-electron chi connectivity index (χ0n) is 18.4. The molecule has 3 aromatic rings. The number of fused-ring (bicyclic) bond motifs is 1. The van der Waals surface area contributed by atoms with Crippen molar-refractivity contribution < 1.29 is 19.2 Å². The molecule has 0 aliphatic carbocycles. The summed E-state index contributed by atoms with van der Waals surface area (Å²) >= 11 is 0. The molecule has 170 valence electrons. The lowest BCUT2D eigenvalue weighted by atomic mass is 9.95. The highest BCUT2D eigenvalue weighted by Crippen LogP contribution is 2.37. The minimum Gasteiger partial charge on any atom is -0.494 e. The van der Waals surface area contributed by atoms with E-state index in [-0.39, 0.29) is 12.3 Å². The van der Waals surface area contributed by atoms with Gasteiger partial charge >= 0.3 is 5.97 Å². The number of non-ortho nitro benzene ring substituents is 1. The van der Waals surface area contributed by atoms with E-state index in [1.165, 1.54) is 12.1 Å². The molecule has 33 heavy (non-hydrogen) atoms.